The van der Waals surface area contributed by atoms with Gasteiger partial charge >= 0.3 is 0 Å². The summed E-state index contributed by atoms with van der Waals surface area (Å²) in [6, 6.07) is 20.8. The van der Waals surface area contributed by atoms with E-state index in [-0.39, 0.29) is 18.0 Å². The van der Waals surface area contributed by atoms with Crippen molar-refractivity contribution in [2.24, 2.45) is 0 Å². The molecule has 0 saturated carbocycles. The predicted molar refractivity (Wildman–Crippen MR) is 137 cm³/mol. The number of hydrogen-bond acceptors (Lipinski definition) is 4. The van der Waals surface area contributed by atoms with Crippen molar-refractivity contribution in [3.8, 4) is 5.82 Å². The van der Waals surface area contributed by atoms with Gasteiger partial charge in [-0.1, -0.05) is 17.7 Å². The van der Waals surface area contributed by atoms with Gasteiger partial charge < -0.3 is 20.1 Å². The zero-order valence-electron chi connectivity index (χ0n) is 18.2. The molecule has 1 aliphatic heterocycles. The van der Waals surface area contributed by atoms with E-state index < -0.39 is 0 Å². The van der Waals surface area contributed by atoms with Gasteiger partial charge in [0.1, 0.15) is 11.9 Å². The van der Waals surface area contributed by atoms with Gasteiger partial charge in [0.2, 0.25) is 5.91 Å². The highest BCUT2D eigenvalue weighted by Crippen LogP contribution is 2.42. The van der Waals surface area contributed by atoms with Gasteiger partial charge in [-0.15, -0.1) is 0 Å². The van der Waals surface area contributed by atoms with Crippen LogP contribution in [0.15, 0.2) is 85.3 Å². The van der Waals surface area contributed by atoms with Crippen LogP contribution >= 0.6 is 23.8 Å². The lowest BCUT2D eigenvalue weighted by molar-refractivity contribution is -0.114. The Bertz CT molecular complexity index is 1320. The summed E-state index contributed by atoms with van der Waals surface area (Å²) in [4.78, 5) is 22.6. The fraction of sp³-hybridized carbons (Fsp3) is 0.120. The van der Waals surface area contributed by atoms with Gasteiger partial charge in [0.15, 0.2) is 5.11 Å². The van der Waals surface area contributed by atoms with Crippen LogP contribution in [0.2, 0.25) is 5.02 Å². The van der Waals surface area contributed by atoms with Gasteiger partial charge in [0.25, 0.3) is 0 Å². The summed E-state index contributed by atoms with van der Waals surface area (Å²) < 4.78 is 2.03. The lowest BCUT2D eigenvalue weighted by Crippen LogP contribution is -2.30. The first-order valence-corrected chi connectivity index (χ1v) is 11.5. The molecule has 2 N–H and O–H groups in total. The Morgan fingerprint density at radius 1 is 1.06 bits per heavy atom. The Balaban J connectivity index is 1.61. The van der Waals surface area contributed by atoms with Crippen molar-refractivity contribution in [2.75, 3.05) is 10.2 Å². The van der Waals surface area contributed by atoms with Crippen LogP contribution < -0.4 is 15.5 Å². The highest BCUT2D eigenvalue weighted by atomic mass is 35.5. The molecule has 4 aromatic rings. The number of hydrogen-bond donors (Lipinski definition) is 2. The fourth-order valence-corrected chi connectivity index (χ4v) is 4.65. The molecule has 34 heavy (non-hydrogen) atoms. The van der Waals surface area contributed by atoms with Crippen molar-refractivity contribution in [2.45, 2.75) is 19.0 Å². The second-order valence-corrected chi connectivity index (χ2v) is 8.69. The molecule has 1 fully saturated rings. The van der Waals surface area contributed by atoms with Crippen molar-refractivity contribution in [3.63, 3.8) is 0 Å². The first kappa shape index (κ1) is 22.1. The van der Waals surface area contributed by atoms with Gasteiger partial charge in [-0.3, -0.25) is 9.78 Å². The van der Waals surface area contributed by atoms with Crippen molar-refractivity contribution >= 4 is 46.2 Å². The molecule has 0 radical (unpaired) electrons. The Morgan fingerprint density at radius 3 is 2.56 bits per heavy atom. The number of rotatable bonds is 5. The van der Waals surface area contributed by atoms with E-state index in [0.29, 0.717) is 10.1 Å². The van der Waals surface area contributed by atoms with Crippen LogP contribution in [0.25, 0.3) is 5.82 Å². The Kier molecular flexibility index (Phi) is 6.00. The monoisotopic (exact) mass is 488 g/mol. The van der Waals surface area contributed by atoms with E-state index in [1.54, 1.807) is 12.4 Å². The van der Waals surface area contributed by atoms with Gasteiger partial charge in [-0.25, -0.2) is 4.98 Å². The Hall–Kier alpha value is -3.75. The third-order valence-electron chi connectivity index (χ3n) is 5.61. The largest absolute Gasteiger partial charge is 0.351 e. The smallest absolute Gasteiger partial charge is 0.221 e. The summed E-state index contributed by atoms with van der Waals surface area (Å²) in [7, 11) is 0. The normalized spacial score (nSPS) is 17.5. The predicted octanol–water partition coefficient (Wildman–Crippen LogP) is 5.06. The molecule has 1 aliphatic rings. The zero-order chi connectivity index (χ0) is 23.7. The van der Waals surface area contributed by atoms with Crippen molar-refractivity contribution < 1.29 is 4.79 Å². The van der Waals surface area contributed by atoms with Gasteiger partial charge in [0.05, 0.1) is 16.8 Å². The van der Waals surface area contributed by atoms with E-state index in [9.17, 15) is 4.79 Å². The fourth-order valence-electron chi connectivity index (χ4n) is 4.20. The molecule has 0 spiro atoms. The summed E-state index contributed by atoms with van der Waals surface area (Å²) in [6.07, 6.45) is 5.38. The number of anilines is 2. The average Bonchev–Trinajstić information content (AvgIpc) is 3.45. The highest BCUT2D eigenvalue weighted by molar-refractivity contribution is 7.80. The van der Waals surface area contributed by atoms with E-state index in [0.717, 1.165) is 28.6 Å². The maximum Gasteiger partial charge on any atom is 0.221 e. The van der Waals surface area contributed by atoms with E-state index in [1.165, 1.54) is 6.92 Å². The van der Waals surface area contributed by atoms with Crippen LogP contribution in [0.5, 0.6) is 0 Å². The third-order valence-corrected chi connectivity index (χ3v) is 6.14. The molecule has 7 nitrogen and oxygen atoms in total. The maximum absolute atomic E-state index is 11.4. The Morgan fingerprint density at radius 2 is 1.88 bits per heavy atom. The summed E-state index contributed by atoms with van der Waals surface area (Å²) in [5.74, 6) is 0.635. The van der Waals surface area contributed by atoms with Crippen LogP contribution in [-0.2, 0) is 4.79 Å². The second-order valence-electron chi connectivity index (χ2n) is 7.86. The average molecular weight is 489 g/mol. The van der Waals surface area contributed by atoms with Crippen LogP contribution in [0.4, 0.5) is 11.4 Å². The summed E-state index contributed by atoms with van der Waals surface area (Å²) in [5.41, 5.74) is 3.49. The number of pyridine rings is 2. The number of benzene rings is 1. The number of carbonyl (C=O) groups excluding carboxylic acids is 1. The minimum Gasteiger partial charge on any atom is -0.351 e. The van der Waals surface area contributed by atoms with Crippen molar-refractivity contribution in [1.82, 2.24) is 19.9 Å². The Labute approximate surface area is 207 Å². The molecule has 0 unspecified atom stereocenters. The van der Waals surface area contributed by atoms with Gasteiger partial charge in [0, 0.05) is 42.6 Å². The van der Waals surface area contributed by atoms with E-state index in [1.807, 2.05) is 71.4 Å². The quantitative estimate of drug-likeness (QED) is 0.383. The number of carbonyl (C=O) groups is 1. The number of nitrogens with zero attached hydrogens (tertiary/aromatic N) is 4. The maximum atomic E-state index is 11.4. The minimum absolute atomic E-state index is 0.118. The number of amides is 1. The molecule has 170 valence electrons. The van der Waals surface area contributed by atoms with E-state index in [2.05, 4.69) is 31.6 Å². The summed E-state index contributed by atoms with van der Waals surface area (Å²) in [6.45, 7) is 1.49. The van der Waals surface area contributed by atoms with E-state index >= 15 is 0 Å². The number of aromatic nitrogens is 3. The zero-order valence-corrected chi connectivity index (χ0v) is 19.8. The van der Waals surface area contributed by atoms with Crippen molar-refractivity contribution in [3.05, 3.63) is 102 Å². The molecule has 9 heteroatoms. The molecule has 1 saturated heterocycles. The number of thiocarbonyl (C=S) groups is 1. The van der Waals surface area contributed by atoms with Gasteiger partial charge in [-0.05, 0) is 72.9 Å². The first-order chi connectivity index (χ1) is 16.5. The second kappa shape index (κ2) is 9.24. The SMILES string of the molecule is CC(=O)Nc1ccc(N2C(=S)N[C@H](c3ccccn3)[C@@H]2c2cccn2-c2ccc(Cl)cn2)cc1. The minimum atomic E-state index is -0.207. The number of nitrogens with one attached hydrogen (secondary N) is 2. The molecular formula is C25H21ClN6OS. The molecule has 3 aromatic heterocycles. The topological polar surface area (TPSA) is 75.1 Å². The third kappa shape index (κ3) is 4.25. The molecular weight excluding hydrogens is 468 g/mol. The lowest BCUT2D eigenvalue weighted by Gasteiger charge is -2.29. The standard InChI is InChI=1S/C25H21ClN6OS/c1-16(33)29-18-8-10-19(11-9-18)32-24(23(30-25(32)34)20-5-2-3-13-27-20)21-6-4-14-31(21)22-12-7-17(26)15-28-22/h2-15,23-24H,1H3,(H,29,33)(H,30,34)/t23-,24+/m1/s1. The van der Waals surface area contributed by atoms with Crippen LogP contribution in [-0.4, -0.2) is 25.6 Å². The molecule has 1 amide bonds. The highest BCUT2D eigenvalue weighted by Gasteiger charge is 2.42. The van der Waals surface area contributed by atoms with Crippen LogP contribution in [0, 0.1) is 0 Å². The summed E-state index contributed by atoms with van der Waals surface area (Å²) >= 11 is 11.9. The lowest BCUT2D eigenvalue weighted by atomic mass is 10.0. The van der Waals surface area contributed by atoms with Crippen molar-refractivity contribution in [1.29, 1.82) is 0 Å². The molecule has 4 heterocycles. The first-order valence-electron chi connectivity index (χ1n) is 10.7. The van der Waals surface area contributed by atoms with Gasteiger partial charge in [-0.2, -0.15) is 0 Å². The number of halogens is 1. The molecule has 1 aromatic carbocycles. The molecule has 0 aliphatic carbocycles. The van der Waals surface area contributed by atoms with Crippen LogP contribution in [0.1, 0.15) is 30.4 Å². The van der Waals surface area contributed by atoms with Crippen LogP contribution in [0.3, 0.4) is 0 Å². The molecule has 2 atom stereocenters. The molecule has 0 bridgehead atoms. The van der Waals surface area contributed by atoms with E-state index in [4.69, 9.17) is 23.8 Å². The summed E-state index contributed by atoms with van der Waals surface area (Å²) in [5, 5.41) is 7.43. The molecule has 5 rings (SSSR count).